The zero-order valence-electron chi connectivity index (χ0n) is 25.8. The first-order chi connectivity index (χ1) is 22.7. The second-order valence-corrected chi connectivity index (χ2v) is 12.3. The van der Waals surface area contributed by atoms with Gasteiger partial charge in [-0.15, -0.1) is 46.8 Å². The molecule has 0 aromatic heterocycles. The van der Waals surface area contributed by atoms with Gasteiger partial charge in [-0.25, -0.2) is 0 Å². The third kappa shape index (κ3) is 4.01. The molecule has 0 saturated heterocycles. The number of benzene rings is 6. The maximum Gasteiger partial charge on any atom is 4.00 e. The molecule has 226 valence electrons. The van der Waals surface area contributed by atoms with Crippen molar-refractivity contribution in [2.75, 3.05) is 38.5 Å². The van der Waals surface area contributed by atoms with Crippen molar-refractivity contribution in [1.29, 1.82) is 0 Å². The Labute approximate surface area is 290 Å². The Morgan fingerprint density at radius 1 is 0.468 bits per heavy atom. The third-order valence-electron chi connectivity index (χ3n) is 9.79. The summed E-state index contributed by atoms with van der Waals surface area (Å²) < 4.78 is 0. The summed E-state index contributed by atoms with van der Waals surface area (Å²) in [5.74, 6) is 0. The standard InChI is InChI=1S/C40H28BN5.Pt/c1-42-25-44(37-17-9-7-15-35(37)42)27-19-21-31-29-11-3-5-13-33(29)41-34-14-6-4-12-30(34)32-22-20-28(24-40(32)46(41)39(31)23-27)45-26-43(2)36-16-8-10-18-38(36)45;/h3-22,25-26H,1-2H3;/q-4;+4. The van der Waals surface area contributed by atoms with Gasteiger partial charge in [0.15, 0.2) is 0 Å². The molecule has 5 nitrogen and oxygen atoms in total. The zero-order valence-corrected chi connectivity index (χ0v) is 28.1. The summed E-state index contributed by atoms with van der Waals surface area (Å²) in [4.78, 5) is 11.3. The van der Waals surface area contributed by atoms with E-state index in [9.17, 15) is 0 Å². The van der Waals surface area contributed by atoms with E-state index in [0.29, 0.717) is 0 Å². The predicted molar refractivity (Wildman–Crippen MR) is 191 cm³/mol. The molecule has 47 heavy (non-hydrogen) atoms. The molecule has 6 aromatic rings. The first-order valence-corrected chi connectivity index (χ1v) is 15.7. The molecule has 0 radical (unpaired) electrons. The van der Waals surface area contributed by atoms with E-state index in [4.69, 9.17) is 0 Å². The van der Waals surface area contributed by atoms with Crippen LogP contribution in [0, 0.1) is 25.5 Å². The van der Waals surface area contributed by atoms with E-state index in [0.717, 1.165) is 34.1 Å². The fourth-order valence-corrected chi connectivity index (χ4v) is 7.73. The molecule has 7 heteroatoms. The summed E-state index contributed by atoms with van der Waals surface area (Å²) in [6.45, 7) is 4.29. The molecule has 10 rings (SSSR count). The molecule has 0 spiro atoms. The van der Waals surface area contributed by atoms with Crippen molar-refractivity contribution in [3.8, 4) is 22.3 Å². The van der Waals surface area contributed by atoms with Crippen molar-refractivity contribution < 1.29 is 21.1 Å². The van der Waals surface area contributed by atoms with Crippen LogP contribution in [-0.4, -0.2) is 20.9 Å². The van der Waals surface area contributed by atoms with E-state index in [-0.39, 0.29) is 27.9 Å². The number of nitrogens with zero attached hydrogens (tertiary/aromatic N) is 5. The topological polar surface area (TPSA) is 16.2 Å². The summed E-state index contributed by atoms with van der Waals surface area (Å²) in [6, 6.07) is 51.6. The van der Waals surface area contributed by atoms with Crippen molar-refractivity contribution in [2.24, 2.45) is 0 Å². The van der Waals surface area contributed by atoms with Gasteiger partial charge in [0.05, 0.1) is 0 Å². The first-order valence-electron chi connectivity index (χ1n) is 15.7. The van der Waals surface area contributed by atoms with Crippen LogP contribution in [0.1, 0.15) is 0 Å². The minimum Gasteiger partial charge on any atom is -0.504 e. The SMILES string of the molecule is CN1[CH-]N(c2[c-]c3c(cc2)-c2ccccc2B2c4ccccc4-c4ccc(N5[CH-]N(C)c6ccccc65)[c-]c4N23)c2ccccc21.[Pt+4]. The fourth-order valence-electron chi connectivity index (χ4n) is 7.73. The van der Waals surface area contributed by atoms with Gasteiger partial charge in [-0.3, -0.25) is 0 Å². The van der Waals surface area contributed by atoms with Gasteiger partial charge in [0, 0.05) is 22.7 Å². The molecule has 0 aliphatic carbocycles. The molecule has 6 aromatic carbocycles. The van der Waals surface area contributed by atoms with Crippen LogP contribution in [0.25, 0.3) is 22.3 Å². The molecule has 0 amide bonds. The Bertz CT molecular complexity index is 2060. The number of para-hydroxylation sites is 4. The van der Waals surface area contributed by atoms with Crippen LogP contribution in [-0.2, 0) is 21.1 Å². The summed E-state index contributed by atoms with van der Waals surface area (Å²) in [5, 5.41) is 0. The Balaban J connectivity index is 0.00000302. The normalized spacial score (nSPS) is 14.9. The monoisotopic (exact) mass is 784 g/mol. The van der Waals surface area contributed by atoms with Gasteiger partial charge >= 0.3 is 27.9 Å². The zero-order chi connectivity index (χ0) is 30.5. The third-order valence-corrected chi connectivity index (χ3v) is 9.79. The largest absolute Gasteiger partial charge is 4.00 e. The van der Waals surface area contributed by atoms with Gasteiger partial charge < -0.3 is 24.4 Å². The van der Waals surface area contributed by atoms with Gasteiger partial charge in [0.25, 0.3) is 0 Å². The van der Waals surface area contributed by atoms with E-state index < -0.39 is 0 Å². The first kappa shape index (κ1) is 28.3. The number of rotatable bonds is 2. The molecule has 0 atom stereocenters. The fraction of sp³-hybridized carbons (Fsp3) is 0.0500. The van der Waals surface area contributed by atoms with Crippen molar-refractivity contribution in [2.45, 2.75) is 0 Å². The molecule has 4 heterocycles. The maximum atomic E-state index is 3.94. The Morgan fingerprint density at radius 2 is 0.872 bits per heavy atom. The minimum absolute atomic E-state index is 0. The van der Waals surface area contributed by atoms with Gasteiger partial charge in [0.1, 0.15) is 0 Å². The van der Waals surface area contributed by atoms with Crippen LogP contribution in [0.5, 0.6) is 0 Å². The summed E-state index contributed by atoms with van der Waals surface area (Å²) in [6.07, 6.45) is 0. The molecule has 0 unspecified atom stereocenters. The van der Waals surface area contributed by atoms with Crippen molar-refractivity contribution in [3.05, 3.63) is 147 Å². The Morgan fingerprint density at radius 3 is 1.34 bits per heavy atom. The Hall–Kier alpha value is -4.93. The maximum absolute atomic E-state index is 3.94. The number of anilines is 8. The molecule has 0 bridgehead atoms. The average molecular weight is 785 g/mol. The second kappa shape index (κ2) is 10.5. The molecule has 0 fully saturated rings. The molecular formula is C40H28BN5Pt. The van der Waals surface area contributed by atoms with E-state index in [2.05, 4.69) is 185 Å². The van der Waals surface area contributed by atoms with Gasteiger partial charge in [0.2, 0.25) is 0 Å². The smallest absolute Gasteiger partial charge is 0.504 e. The molecule has 0 saturated carbocycles. The van der Waals surface area contributed by atoms with Crippen LogP contribution in [0.2, 0.25) is 0 Å². The summed E-state index contributed by atoms with van der Waals surface area (Å²) in [7, 11) is 4.20. The second-order valence-electron chi connectivity index (χ2n) is 12.3. The molecular weight excluding hydrogens is 756 g/mol. The van der Waals surface area contributed by atoms with Crippen LogP contribution >= 0.6 is 0 Å². The van der Waals surface area contributed by atoms with Crippen molar-refractivity contribution in [1.82, 2.24) is 0 Å². The van der Waals surface area contributed by atoms with Crippen molar-refractivity contribution >= 4 is 63.3 Å². The minimum atomic E-state index is -0.0135. The van der Waals surface area contributed by atoms with Gasteiger partial charge in [-0.1, -0.05) is 106 Å². The van der Waals surface area contributed by atoms with Crippen LogP contribution in [0.4, 0.5) is 45.5 Å². The number of hydrogen-bond donors (Lipinski definition) is 0. The number of hydrogen-bond acceptors (Lipinski definition) is 5. The summed E-state index contributed by atoms with van der Waals surface area (Å²) in [5.41, 5.74) is 16.3. The molecule has 4 aliphatic heterocycles. The van der Waals surface area contributed by atoms with E-state index in [1.807, 2.05) is 0 Å². The predicted octanol–water partition coefficient (Wildman–Crippen LogP) is 7.60. The van der Waals surface area contributed by atoms with E-state index in [1.54, 1.807) is 0 Å². The number of fused-ring (bicyclic) bond motifs is 13. The van der Waals surface area contributed by atoms with Crippen molar-refractivity contribution in [3.63, 3.8) is 0 Å². The Kier molecular flexibility index (Phi) is 6.35. The van der Waals surface area contributed by atoms with E-state index in [1.165, 1.54) is 44.6 Å². The van der Waals surface area contributed by atoms with Crippen LogP contribution < -0.4 is 35.3 Å². The summed E-state index contributed by atoms with van der Waals surface area (Å²) >= 11 is 0. The average Bonchev–Trinajstić information content (AvgIpc) is 3.64. The molecule has 0 N–H and O–H groups in total. The molecule has 4 aliphatic rings. The van der Waals surface area contributed by atoms with E-state index >= 15 is 0 Å². The van der Waals surface area contributed by atoms with Gasteiger partial charge in [-0.2, -0.15) is 25.5 Å². The quantitative estimate of drug-likeness (QED) is 0.133. The van der Waals surface area contributed by atoms with Crippen LogP contribution in [0.15, 0.2) is 121 Å². The van der Waals surface area contributed by atoms with Gasteiger partial charge in [-0.05, 0) is 38.4 Å². The van der Waals surface area contributed by atoms with Crippen LogP contribution in [0.3, 0.4) is 0 Å².